The van der Waals surface area contributed by atoms with Crippen LogP contribution in [0, 0.1) is 0 Å². The van der Waals surface area contributed by atoms with E-state index >= 15 is 0 Å². The van der Waals surface area contributed by atoms with Crippen LogP contribution in [-0.2, 0) is 0 Å². The van der Waals surface area contributed by atoms with Crippen molar-refractivity contribution in [3.05, 3.63) is 22.7 Å². The first-order valence-corrected chi connectivity index (χ1v) is 4.57. The fraction of sp³-hybridized carbons (Fsp3) is 0.400. The van der Waals surface area contributed by atoms with Crippen molar-refractivity contribution in [2.75, 3.05) is 14.2 Å². The van der Waals surface area contributed by atoms with Gasteiger partial charge in [-0.05, 0) is 13.0 Å². The lowest BCUT2D eigenvalue weighted by molar-refractivity contribution is 0.198. The molecular formula is C10H13ClO3. The van der Waals surface area contributed by atoms with Crippen molar-refractivity contribution in [2.45, 2.75) is 13.0 Å². The van der Waals surface area contributed by atoms with Gasteiger partial charge in [0.2, 0.25) is 0 Å². The van der Waals surface area contributed by atoms with Crippen molar-refractivity contribution in [1.82, 2.24) is 0 Å². The highest BCUT2D eigenvalue weighted by atomic mass is 35.5. The Balaban J connectivity index is 3.23. The molecule has 0 unspecified atom stereocenters. The van der Waals surface area contributed by atoms with E-state index in [1.54, 1.807) is 19.1 Å². The first-order valence-electron chi connectivity index (χ1n) is 4.19. The molecule has 0 bridgehead atoms. The molecule has 4 heteroatoms. The highest BCUT2D eigenvalue weighted by Crippen LogP contribution is 2.35. The Labute approximate surface area is 88.2 Å². The summed E-state index contributed by atoms with van der Waals surface area (Å²) >= 11 is 5.94. The summed E-state index contributed by atoms with van der Waals surface area (Å²) in [6, 6.07) is 3.30. The molecule has 1 aromatic carbocycles. The van der Waals surface area contributed by atoms with E-state index < -0.39 is 6.10 Å². The van der Waals surface area contributed by atoms with Gasteiger partial charge in [0.05, 0.1) is 25.3 Å². The molecule has 0 aliphatic heterocycles. The van der Waals surface area contributed by atoms with Gasteiger partial charge in [0.1, 0.15) is 0 Å². The number of aliphatic hydroxyl groups excluding tert-OH is 1. The van der Waals surface area contributed by atoms with Crippen LogP contribution in [0.5, 0.6) is 11.5 Å². The predicted molar refractivity (Wildman–Crippen MR) is 55.2 cm³/mol. The monoisotopic (exact) mass is 216 g/mol. The standard InChI is InChI=1S/C10H13ClO3/c1-6(12)7-4-9(13-2)10(14-3)5-8(7)11/h4-6,12H,1-3H3/t6-/m1/s1. The van der Waals surface area contributed by atoms with Gasteiger partial charge in [-0.3, -0.25) is 0 Å². The van der Waals surface area contributed by atoms with Gasteiger partial charge in [0.25, 0.3) is 0 Å². The van der Waals surface area contributed by atoms with Gasteiger partial charge in [0, 0.05) is 11.6 Å². The summed E-state index contributed by atoms with van der Waals surface area (Å²) in [6.07, 6.45) is -0.623. The fourth-order valence-corrected chi connectivity index (χ4v) is 1.50. The lowest BCUT2D eigenvalue weighted by Crippen LogP contribution is -1.96. The number of aliphatic hydroxyl groups is 1. The zero-order valence-electron chi connectivity index (χ0n) is 8.37. The van der Waals surface area contributed by atoms with Crippen molar-refractivity contribution < 1.29 is 14.6 Å². The van der Waals surface area contributed by atoms with Gasteiger partial charge in [-0.1, -0.05) is 11.6 Å². The topological polar surface area (TPSA) is 38.7 Å². The molecule has 1 atom stereocenters. The van der Waals surface area contributed by atoms with Crippen LogP contribution in [0.3, 0.4) is 0 Å². The molecule has 0 spiro atoms. The summed E-state index contributed by atoms with van der Waals surface area (Å²) in [5.74, 6) is 1.12. The molecule has 0 saturated carbocycles. The molecule has 0 fully saturated rings. The maximum Gasteiger partial charge on any atom is 0.162 e. The molecule has 0 saturated heterocycles. The number of halogens is 1. The molecule has 1 N–H and O–H groups in total. The van der Waals surface area contributed by atoms with Crippen LogP contribution in [0.25, 0.3) is 0 Å². The highest BCUT2D eigenvalue weighted by molar-refractivity contribution is 6.31. The molecule has 0 aliphatic rings. The second-order valence-corrected chi connectivity index (χ2v) is 3.31. The Hall–Kier alpha value is -0.930. The molecular weight excluding hydrogens is 204 g/mol. The van der Waals surface area contributed by atoms with E-state index in [0.29, 0.717) is 22.1 Å². The molecule has 1 rings (SSSR count). The van der Waals surface area contributed by atoms with E-state index in [4.69, 9.17) is 21.1 Å². The highest BCUT2D eigenvalue weighted by Gasteiger charge is 2.12. The van der Waals surface area contributed by atoms with Crippen LogP contribution < -0.4 is 9.47 Å². The van der Waals surface area contributed by atoms with Crippen LogP contribution in [0.15, 0.2) is 12.1 Å². The van der Waals surface area contributed by atoms with E-state index in [-0.39, 0.29) is 0 Å². The molecule has 0 aromatic heterocycles. The molecule has 0 amide bonds. The van der Waals surface area contributed by atoms with Crippen molar-refractivity contribution in [2.24, 2.45) is 0 Å². The number of rotatable bonds is 3. The fourth-order valence-electron chi connectivity index (χ4n) is 1.19. The third kappa shape index (κ3) is 2.11. The summed E-state index contributed by atoms with van der Waals surface area (Å²) in [4.78, 5) is 0. The number of hydrogen-bond acceptors (Lipinski definition) is 3. The van der Waals surface area contributed by atoms with Gasteiger partial charge >= 0.3 is 0 Å². The first-order chi connectivity index (χ1) is 6.60. The Kier molecular flexibility index (Phi) is 3.61. The first kappa shape index (κ1) is 11.1. The lowest BCUT2D eigenvalue weighted by atomic mass is 10.1. The lowest BCUT2D eigenvalue weighted by Gasteiger charge is -2.12. The van der Waals surface area contributed by atoms with Crippen molar-refractivity contribution in [1.29, 1.82) is 0 Å². The Morgan fingerprint density at radius 2 is 1.71 bits per heavy atom. The van der Waals surface area contributed by atoms with E-state index in [9.17, 15) is 5.11 Å². The number of hydrogen-bond donors (Lipinski definition) is 1. The molecule has 3 nitrogen and oxygen atoms in total. The molecule has 14 heavy (non-hydrogen) atoms. The minimum atomic E-state index is -0.623. The summed E-state index contributed by atoms with van der Waals surface area (Å²) < 4.78 is 10.1. The normalized spacial score (nSPS) is 12.4. The van der Waals surface area contributed by atoms with E-state index in [1.165, 1.54) is 14.2 Å². The SMILES string of the molecule is COc1cc(Cl)c([C@@H](C)O)cc1OC. The Morgan fingerprint density at radius 3 is 2.14 bits per heavy atom. The second-order valence-electron chi connectivity index (χ2n) is 2.90. The molecule has 78 valence electrons. The smallest absolute Gasteiger partial charge is 0.162 e. The van der Waals surface area contributed by atoms with Crippen LogP contribution in [-0.4, -0.2) is 19.3 Å². The summed E-state index contributed by atoms with van der Waals surface area (Å²) in [5, 5.41) is 9.88. The second kappa shape index (κ2) is 4.53. The van der Waals surface area contributed by atoms with Gasteiger partial charge in [-0.15, -0.1) is 0 Å². The van der Waals surface area contributed by atoms with Crippen molar-refractivity contribution in [3.8, 4) is 11.5 Å². The van der Waals surface area contributed by atoms with Gasteiger partial charge in [-0.2, -0.15) is 0 Å². The molecule has 0 aliphatic carbocycles. The average Bonchev–Trinajstić information content (AvgIpc) is 2.16. The van der Waals surface area contributed by atoms with Crippen LogP contribution >= 0.6 is 11.6 Å². The maximum absolute atomic E-state index is 9.41. The predicted octanol–water partition coefficient (Wildman–Crippen LogP) is 2.41. The van der Waals surface area contributed by atoms with Gasteiger partial charge in [-0.25, -0.2) is 0 Å². The van der Waals surface area contributed by atoms with Crippen molar-refractivity contribution in [3.63, 3.8) is 0 Å². The number of benzene rings is 1. The Bertz CT molecular complexity index is 323. The molecule has 1 aromatic rings. The van der Waals surface area contributed by atoms with E-state index in [0.717, 1.165) is 0 Å². The Morgan fingerprint density at radius 1 is 1.21 bits per heavy atom. The third-order valence-corrected chi connectivity index (χ3v) is 2.28. The summed E-state index contributed by atoms with van der Waals surface area (Å²) in [5.41, 5.74) is 0.629. The van der Waals surface area contributed by atoms with Crippen LogP contribution in [0.1, 0.15) is 18.6 Å². The third-order valence-electron chi connectivity index (χ3n) is 1.95. The summed E-state index contributed by atoms with van der Waals surface area (Å²) in [6.45, 7) is 1.65. The minimum Gasteiger partial charge on any atom is -0.493 e. The zero-order chi connectivity index (χ0) is 10.7. The van der Waals surface area contributed by atoms with E-state index in [1.807, 2.05) is 0 Å². The molecule has 0 radical (unpaired) electrons. The largest absolute Gasteiger partial charge is 0.493 e. The average molecular weight is 217 g/mol. The number of ether oxygens (including phenoxy) is 2. The van der Waals surface area contributed by atoms with Crippen LogP contribution in [0.2, 0.25) is 5.02 Å². The number of methoxy groups -OCH3 is 2. The minimum absolute atomic E-state index is 0.470. The van der Waals surface area contributed by atoms with Crippen molar-refractivity contribution >= 4 is 11.6 Å². The van der Waals surface area contributed by atoms with Gasteiger partial charge in [0.15, 0.2) is 11.5 Å². The van der Waals surface area contributed by atoms with Gasteiger partial charge < -0.3 is 14.6 Å². The van der Waals surface area contributed by atoms with E-state index in [2.05, 4.69) is 0 Å². The zero-order valence-corrected chi connectivity index (χ0v) is 9.13. The maximum atomic E-state index is 9.41. The molecule has 0 heterocycles. The quantitative estimate of drug-likeness (QED) is 0.844. The summed E-state index contributed by atoms with van der Waals surface area (Å²) in [7, 11) is 3.08. The van der Waals surface area contributed by atoms with Crippen LogP contribution in [0.4, 0.5) is 0 Å².